The number of ether oxygens (including phenoxy) is 1. The van der Waals surface area contributed by atoms with Crippen molar-refractivity contribution >= 4 is 38.5 Å². The Bertz CT molecular complexity index is 1080. The number of carbonyl (C=O) groups excluding carboxylic acids is 2. The third-order valence-electron chi connectivity index (χ3n) is 5.51. The number of hydrogen-bond donors (Lipinski definition) is 1. The van der Waals surface area contributed by atoms with Crippen molar-refractivity contribution in [1.82, 2.24) is 10.2 Å². The minimum absolute atomic E-state index is 0.0414. The molecule has 5 nitrogen and oxygen atoms in total. The van der Waals surface area contributed by atoms with Gasteiger partial charge in [0.1, 0.15) is 11.8 Å². The molecule has 168 valence electrons. The standard InChI is InChI=1S/C26H29BrN2O3/c1-4-18(2)28-26(31)19(3)29(16-20-9-7-12-22(27)15-20)25(30)17-32-24-14-8-11-21-10-5-6-13-23(21)24/h5-15,18-19H,4,16-17H2,1-3H3,(H,28,31)/t18-,19-/m1/s1. The molecule has 2 amide bonds. The molecule has 0 saturated heterocycles. The van der Waals surface area contributed by atoms with E-state index in [1.165, 1.54) is 0 Å². The molecule has 0 aromatic heterocycles. The van der Waals surface area contributed by atoms with Gasteiger partial charge in [0, 0.05) is 22.4 Å². The highest BCUT2D eigenvalue weighted by Crippen LogP contribution is 2.25. The fourth-order valence-corrected chi connectivity index (χ4v) is 3.87. The summed E-state index contributed by atoms with van der Waals surface area (Å²) in [5, 5.41) is 4.97. The van der Waals surface area contributed by atoms with Gasteiger partial charge in [-0.2, -0.15) is 0 Å². The predicted molar refractivity (Wildman–Crippen MR) is 131 cm³/mol. The number of carbonyl (C=O) groups is 2. The van der Waals surface area contributed by atoms with Crippen LogP contribution in [0.2, 0.25) is 0 Å². The van der Waals surface area contributed by atoms with Crippen LogP contribution in [0.3, 0.4) is 0 Å². The zero-order chi connectivity index (χ0) is 23.1. The largest absolute Gasteiger partial charge is 0.483 e. The minimum Gasteiger partial charge on any atom is -0.483 e. The predicted octanol–water partition coefficient (Wildman–Crippen LogP) is 5.31. The third-order valence-corrected chi connectivity index (χ3v) is 6.00. The number of fused-ring (bicyclic) bond motifs is 1. The number of halogens is 1. The molecule has 2 atom stereocenters. The van der Waals surface area contributed by atoms with Crippen LogP contribution in [0.4, 0.5) is 0 Å². The van der Waals surface area contributed by atoms with E-state index in [2.05, 4.69) is 21.2 Å². The molecule has 3 aromatic carbocycles. The van der Waals surface area contributed by atoms with Crippen LogP contribution in [0.1, 0.15) is 32.8 Å². The molecule has 0 saturated carbocycles. The number of benzene rings is 3. The van der Waals surface area contributed by atoms with Gasteiger partial charge in [0.2, 0.25) is 5.91 Å². The normalized spacial score (nSPS) is 12.8. The van der Waals surface area contributed by atoms with Crippen LogP contribution in [-0.4, -0.2) is 35.4 Å². The quantitative estimate of drug-likeness (QED) is 0.436. The highest BCUT2D eigenvalue weighted by molar-refractivity contribution is 9.10. The van der Waals surface area contributed by atoms with Crippen molar-refractivity contribution in [2.75, 3.05) is 6.61 Å². The van der Waals surface area contributed by atoms with Crippen molar-refractivity contribution in [1.29, 1.82) is 0 Å². The second-order valence-electron chi connectivity index (χ2n) is 7.91. The summed E-state index contributed by atoms with van der Waals surface area (Å²) < 4.78 is 6.85. The highest BCUT2D eigenvalue weighted by atomic mass is 79.9. The molecule has 0 bridgehead atoms. The summed E-state index contributed by atoms with van der Waals surface area (Å²) in [5.41, 5.74) is 0.932. The molecule has 0 heterocycles. The van der Waals surface area contributed by atoms with E-state index in [1.54, 1.807) is 11.8 Å². The Morgan fingerprint density at radius 3 is 2.50 bits per heavy atom. The third kappa shape index (κ3) is 6.10. The molecule has 0 fully saturated rings. The van der Waals surface area contributed by atoms with Gasteiger partial charge in [0.25, 0.3) is 5.91 Å². The topological polar surface area (TPSA) is 58.6 Å². The van der Waals surface area contributed by atoms with Crippen molar-refractivity contribution in [2.24, 2.45) is 0 Å². The average Bonchev–Trinajstić information content (AvgIpc) is 2.80. The summed E-state index contributed by atoms with van der Waals surface area (Å²) in [7, 11) is 0. The lowest BCUT2D eigenvalue weighted by atomic mass is 10.1. The first-order valence-electron chi connectivity index (χ1n) is 10.8. The number of nitrogens with one attached hydrogen (secondary N) is 1. The molecule has 3 aromatic rings. The van der Waals surface area contributed by atoms with Gasteiger partial charge in [0.15, 0.2) is 6.61 Å². The molecule has 0 unspecified atom stereocenters. The summed E-state index contributed by atoms with van der Waals surface area (Å²) in [6, 6.07) is 20.8. The Hall–Kier alpha value is -2.86. The lowest BCUT2D eigenvalue weighted by molar-refractivity contribution is -0.142. The molecular weight excluding hydrogens is 468 g/mol. The fraction of sp³-hybridized carbons (Fsp3) is 0.308. The summed E-state index contributed by atoms with van der Waals surface area (Å²) in [6.45, 7) is 5.88. The van der Waals surface area contributed by atoms with E-state index in [9.17, 15) is 9.59 Å². The average molecular weight is 497 g/mol. The van der Waals surface area contributed by atoms with E-state index in [4.69, 9.17) is 4.74 Å². The monoisotopic (exact) mass is 496 g/mol. The number of nitrogens with zero attached hydrogens (tertiary/aromatic N) is 1. The minimum atomic E-state index is -0.633. The van der Waals surface area contributed by atoms with Gasteiger partial charge in [0.05, 0.1) is 0 Å². The van der Waals surface area contributed by atoms with Gasteiger partial charge < -0.3 is 15.0 Å². The maximum atomic E-state index is 13.3. The molecule has 0 aliphatic rings. The Labute approximate surface area is 197 Å². The molecule has 3 rings (SSSR count). The van der Waals surface area contributed by atoms with Crippen LogP contribution >= 0.6 is 15.9 Å². The van der Waals surface area contributed by atoms with Crippen molar-refractivity contribution in [2.45, 2.75) is 45.8 Å². The zero-order valence-electron chi connectivity index (χ0n) is 18.7. The first kappa shape index (κ1) is 23.8. The van der Waals surface area contributed by atoms with Gasteiger partial charge in [-0.3, -0.25) is 9.59 Å². The fourth-order valence-electron chi connectivity index (χ4n) is 3.42. The van der Waals surface area contributed by atoms with E-state index >= 15 is 0 Å². The molecule has 0 spiro atoms. The lowest BCUT2D eigenvalue weighted by Gasteiger charge is -2.29. The number of amides is 2. The Kier molecular flexibility index (Phi) is 8.28. The van der Waals surface area contributed by atoms with Crippen LogP contribution in [0.5, 0.6) is 5.75 Å². The number of rotatable bonds is 9. The Morgan fingerprint density at radius 2 is 1.75 bits per heavy atom. The van der Waals surface area contributed by atoms with Crippen molar-refractivity contribution in [3.63, 3.8) is 0 Å². The second kappa shape index (κ2) is 11.1. The number of hydrogen-bond acceptors (Lipinski definition) is 3. The first-order chi connectivity index (χ1) is 15.4. The molecular formula is C26H29BrN2O3. The van der Waals surface area contributed by atoms with E-state index in [0.717, 1.165) is 27.2 Å². The first-order valence-corrected chi connectivity index (χ1v) is 11.6. The van der Waals surface area contributed by atoms with Crippen molar-refractivity contribution in [3.8, 4) is 5.75 Å². The van der Waals surface area contributed by atoms with Gasteiger partial charge in [-0.15, -0.1) is 0 Å². The van der Waals surface area contributed by atoms with Crippen molar-refractivity contribution in [3.05, 3.63) is 76.8 Å². The van der Waals surface area contributed by atoms with Crippen LogP contribution in [0.25, 0.3) is 10.8 Å². The van der Waals surface area contributed by atoms with Crippen LogP contribution in [-0.2, 0) is 16.1 Å². The second-order valence-corrected chi connectivity index (χ2v) is 8.83. The van der Waals surface area contributed by atoms with E-state index in [1.807, 2.05) is 80.6 Å². The lowest BCUT2D eigenvalue weighted by Crippen LogP contribution is -2.50. The van der Waals surface area contributed by atoms with Gasteiger partial charge >= 0.3 is 0 Å². The van der Waals surface area contributed by atoms with Crippen LogP contribution < -0.4 is 10.1 Å². The van der Waals surface area contributed by atoms with Crippen molar-refractivity contribution < 1.29 is 14.3 Å². The maximum Gasteiger partial charge on any atom is 0.261 e. The SMILES string of the molecule is CC[C@@H](C)NC(=O)[C@@H](C)N(Cc1cccc(Br)c1)C(=O)COc1cccc2ccccc12. The zero-order valence-corrected chi connectivity index (χ0v) is 20.3. The molecule has 0 aliphatic carbocycles. The Morgan fingerprint density at radius 1 is 1.03 bits per heavy atom. The van der Waals surface area contributed by atoms with Gasteiger partial charge in [-0.25, -0.2) is 0 Å². The summed E-state index contributed by atoms with van der Waals surface area (Å²) in [5.74, 6) is 0.230. The van der Waals surface area contributed by atoms with E-state index in [0.29, 0.717) is 12.3 Å². The highest BCUT2D eigenvalue weighted by Gasteiger charge is 2.27. The van der Waals surface area contributed by atoms with Crippen LogP contribution in [0, 0.1) is 0 Å². The molecule has 0 radical (unpaired) electrons. The summed E-state index contributed by atoms with van der Waals surface area (Å²) >= 11 is 3.47. The smallest absolute Gasteiger partial charge is 0.261 e. The van der Waals surface area contributed by atoms with Gasteiger partial charge in [-0.1, -0.05) is 71.4 Å². The molecule has 6 heteroatoms. The molecule has 1 N–H and O–H groups in total. The Balaban J connectivity index is 1.79. The van der Waals surface area contributed by atoms with E-state index < -0.39 is 6.04 Å². The molecule has 32 heavy (non-hydrogen) atoms. The summed E-state index contributed by atoms with van der Waals surface area (Å²) in [4.78, 5) is 27.6. The van der Waals surface area contributed by atoms with E-state index in [-0.39, 0.29) is 24.5 Å². The maximum absolute atomic E-state index is 13.3. The van der Waals surface area contributed by atoms with Gasteiger partial charge in [-0.05, 0) is 49.4 Å². The van der Waals surface area contributed by atoms with Crippen LogP contribution in [0.15, 0.2) is 71.2 Å². The summed E-state index contributed by atoms with van der Waals surface area (Å²) in [6.07, 6.45) is 0.822. The molecule has 0 aliphatic heterocycles.